The van der Waals surface area contributed by atoms with Crippen molar-refractivity contribution in [2.24, 2.45) is 0 Å². The van der Waals surface area contributed by atoms with Gasteiger partial charge in [-0.2, -0.15) is 0 Å². The van der Waals surface area contributed by atoms with Gasteiger partial charge in [-0.1, -0.05) is 171 Å². The monoisotopic (exact) mass is 912 g/mol. The number of carbonyl (C=O) groups excluding carboxylic acids is 2. The minimum absolute atomic E-state index is 0.0410. The zero-order chi connectivity index (χ0) is 46.4. The van der Waals surface area contributed by atoms with E-state index in [1.54, 1.807) is 0 Å². The zero-order valence-electron chi connectivity index (χ0n) is 38.6. The minimum Gasteiger partial charge on any atom is -0.756 e. The fraction of sp³-hybridized carbons (Fsp3) is 0.755. The normalized spacial score (nSPS) is 22.2. The van der Waals surface area contributed by atoms with Crippen LogP contribution in [0.2, 0.25) is 0 Å². The first-order valence-corrected chi connectivity index (χ1v) is 25.5. The number of hydrogen-bond donors (Lipinski definition) is 5. The van der Waals surface area contributed by atoms with Gasteiger partial charge in [0.25, 0.3) is 7.82 Å². The zero-order valence-corrected chi connectivity index (χ0v) is 39.5. The Labute approximate surface area is 379 Å². The van der Waals surface area contributed by atoms with Crippen LogP contribution < -0.4 is 4.89 Å². The van der Waals surface area contributed by atoms with Gasteiger partial charge in [-0.25, -0.2) is 0 Å². The van der Waals surface area contributed by atoms with Gasteiger partial charge in [0.1, 0.15) is 43.2 Å². The smallest absolute Gasteiger partial charge is 0.306 e. The Morgan fingerprint density at radius 3 is 1.40 bits per heavy atom. The topological polar surface area (TPSA) is 212 Å². The van der Waals surface area contributed by atoms with Gasteiger partial charge in [0.05, 0.1) is 6.61 Å². The molecule has 0 aromatic rings. The second-order valence-corrected chi connectivity index (χ2v) is 17.9. The van der Waals surface area contributed by atoms with E-state index in [2.05, 4.69) is 74.6 Å². The van der Waals surface area contributed by atoms with Gasteiger partial charge in [0, 0.05) is 12.8 Å². The van der Waals surface area contributed by atoms with Gasteiger partial charge < -0.3 is 48.9 Å². The fourth-order valence-electron chi connectivity index (χ4n) is 7.01. The molecule has 0 aromatic heterocycles. The molecule has 0 bridgehead atoms. The van der Waals surface area contributed by atoms with Gasteiger partial charge in [0.15, 0.2) is 6.10 Å². The number of aliphatic hydroxyl groups excluding tert-OH is 5. The van der Waals surface area contributed by atoms with Crippen molar-refractivity contribution in [1.29, 1.82) is 0 Å². The Bertz CT molecular complexity index is 1330. The number of phosphoric acid groups is 1. The van der Waals surface area contributed by atoms with Crippen LogP contribution in [0.1, 0.15) is 181 Å². The third-order valence-electron chi connectivity index (χ3n) is 10.9. The summed E-state index contributed by atoms with van der Waals surface area (Å²) in [6.07, 6.45) is 33.7. The number of esters is 2. The van der Waals surface area contributed by atoms with Crippen LogP contribution in [0.25, 0.3) is 0 Å². The summed E-state index contributed by atoms with van der Waals surface area (Å²) in [7, 11) is -5.38. The number of allylic oxidation sites excluding steroid dienone is 10. The molecule has 63 heavy (non-hydrogen) atoms. The third kappa shape index (κ3) is 31.2. The number of ether oxygens (including phenoxy) is 2. The van der Waals surface area contributed by atoms with Crippen LogP contribution in [0.15, 0.2) is 60.8 Å². The average Bonchev–Trinajstić information content (AvgIpc) is 3.26. The van der Waals surface area contributed by atoms with Crippen molar-refractivity contribution >= 4 is 19.8 Å². The summed E-state index contributed by atoms with van der Waals surface area (Å²) >= 11 is 0. The van der Waals surface area contributed by atoms with Crippen LogP contribution in [-0.2, 0) is 32.7 Å². The highest BCUT2D eigenvalue weighted by molar-refractivity contribution is 7.45. The molecule has 0 heterocycles. The molecule has 5 N–H and O–H groups in total. The lowest BCUT2D eigenvalue weighted by Gasteiger charge is -2.43. The Morgan fingerprint density at radius 1 is 0.524 bits per heavy atom. The molecule has 0 saturated heterocycles. The summed E-state index contributed by atoms with van der Waals surface area (Å²) in [5, 5.41) is 50.1. The van der Waals surface area contributed by atoms with E-state index < -0.39 is 75.7 Å². The number of aliphatic hydroxyl groups is 5. The van der Waals surface area contributed by atoms with Gasteiger partial charge in [-0.05, 0) is 57.8 Å². The van der Waals surface area contributed by atoms with Crippen LogP contribution >= 0.6 is 7.82 Å². The second kappa shape index (κ2) is 38.8. The summed E-state index contributed by atoms with van der Waals surface area (Å²) < 4.78 is 33.2. The standard InChI is InChI=1S/C49H85O13P/c1-3-5-7-9-11-13-15-17-19-20-21-22-24-26-28-30-32-34-36-38-43(51)61-41(40-60-63(57,58)62-49-47(55)45(53)44(52)46(54)48(49)56)39-59-42(50)37-35-33-31-29-27-25-23-18-16-14-12-10-8-6-4-2/h5,7,11,13,17,19,21-22,26,28,41,44-49,52-56H,3-4,6,8-10,12,14-16,18,20,23-25,27,29-40H2,1-2H3,(H,57,58)/p-1/b7-5-,13-11-,19-17-,22-21-,28-26-/t41-,44?,45-,46+,47-,48-,49?/m1/s1. The van der Waals surface area contributed by atoms with E-state index in [1.807, 2.05) is 0 Å². The van der Waals surface area contributed by atoms with E-state index in [0.29, 0.717) is 12.8 Å². The molecule has 8 atom stereocenters. The first-order valence-electron chi connectivity index (χ1n) is 24.1. The molecule has 1 aliphatic carbocycles. The van der Waals surface area contributed by atoms with Crippen LogP contribution in [0, 0.1) is 0 Å². The number of unbranched alkanes of at least 4 members (excludes halogenated alkanes) is 17. The first kappa shape index (κ1) is 58.6. The molecule has 14 heteroatoms. The lowest BCUT2D eigenvalue weighted by atomic mass is 9.85. The van der Waals surface area contributed by atoms with Gasteiger partial charge in [-0.3, -0.25) is 14.2 Å². The predicted octanol–water partition coefficient (Wildman–Crippen LogP) is 9.09. The predicted molar refractivity (Wildman–Crippen MR) is 246 cm³/mol. The van der Waals surface area contributed by atoms with Crippen molar-refractivity contribution < 1.29 is 63.1 Å². The molecule has 0 aliphatic heterocycles. The van der Waals surface area contributed by atoms with Gasteiger partial charge in [0.2, 0.25) is 0 Å². The Kier molecular flexibility index (Phi) is 36.1. The summed E-state index contributed by atoms with van der Waals surface area (Å²) in [6.45, 7) is 3.07. The maximum absolute atomic E-state index is 12.8. The van der Waals surface area contributed by atoms with Crippen molar-refractivity contribution in [3.8, 4) is 0 Å². The quantitative estimate of drug-likeness (QED) is 0.0169. The van der Waals surface area contributed by atoms with Crippen LogP contribution in [0.5, 0.6) is 0 Å². The molecule has 1 aliphatic rings. The van der Waals surface area contributed by atoms with E-state index in [-0.39, 0.29) is 12.8 Å². The largest absolute Gasteiger partial charge is 0.756 e. The molecule has 13 nitrogen and oxygen atoms in total. The van der Waals surface area contributed by atoms with Gasteiger partial charge >= 0.3 is 11.9 Å². The Balaban J connectivity index is 2.47. The maximum Gasteiger partial charge on any atom is 0.306 e. The van der Waals surface area contributed by atoms with Gasteiger partial charge in [-0.15, -0.1) is 0 Å². The second-order valence-electron chi connectivity index (χ2n) is 16.6. The summed E-state index contributed by atoms with van der Waals surface area (Å²) in [5.41, 5.74) is 0. The maximum atomic E-state index is 12.8. The third-order valence-corrected chi connectivity index (χ3v) is 11.8. The van der Waals surface area contributed by atoms with E-state index >= 15 is 0 Å². The summed E-state index contributed by atoms with van der Waals surface area (Å²) in [5.74, 6) is -1.17. The minimum atomic E-state index is -5.38. The molecule has 1 saturated carbocycles. The number of rotatable bonds is 39. The van der Waals surface area contributed by atoms with Crippen molar-refractivity contribution in [3.05, 3.63) is 60.8 Å². The Morgan fingerprint density at radius 2 is 0.921 bits per heavy atom. The van der Waals surface area contributed by atoms with Crippen LogP contribution in [0.4, 0.5) is 0 Å². The van der Waals surface area contributed by atoms with Crippen molar-refractivity contribution in [3.63, 3.8) is 0 Å². The lowest BCUT2D eigenvalue weighted by molar-refractivity contribution is -0.261. The molecule has 1 rings (SSSR count). The van der Waals surface area contributed by atoms with Crippen LogP contribution in [0.3, 0.4) is 0 Å². The van der Waals surface area contributed by atoms with Crippen LogP contribution in [-0.4, -0.2) is 93.4 Å². The van der Waals surface area contributed by atoms with Crippen molar-refractivity contribution in [1.82, 2.24) is 0 Å². The van der Waals surface area contributed by atoms with Crippen molar-refractivity contribution in [2.45, 2.75) is 224 Å². The highest BCUT2D eigenvalue weighted by Gasteiger charge is 2.50. The number of phosphoric ester groups is 1. The molecule has 0 aromatic carbocycles. The van der Waals surface area contributed by atoms with E-state index in [9.17, 15) is 44.6 Å². The van der Waals surface area contributed by atoms with E-state index in [1.165, 1.54) is 70.6 Å². The molecule has 0 amide bonds. The molecule has 364 valence electrons. The molecular weight excluding hydrogens is 828 g/mol. The number of carbonyl (C=O) groups is 2. The van der Waals surface area contributed by atoms with E-state index in [4.69, 9.17) is 18.5 Å². The highest BCUT2D eigenvalue weighted by atomic mass is 31.2. The highest BCUT2D eigenvalue weighted by Crippen LogP contribution is 2.43. The summed E-state index contributed by atoms with van der Waals surface area (Å²) in [4.78, 5) is 38.0. The lowest BCUT2D eigenvalue weighted by Crippen LogP contribution is -2.64. The molecular formula is C49H84O13P-. The fourth-order valence-corrected chi connectivity index (χ4v) is 7.97. The van der Waals surface area contributed by atoms with Crippen molar-refractivity contribution in [2.75, 3.05) is 13.2 Å². The van der Waals surface area contributed by atoms with E-state index in [0.717, 1.165) is 70.6 Å². The number of hydrogen-bond acceptors (Lipinski definition) is 13. The molecule has 0 spiro atoms. The molecule has 0 radical (unpaired) electrons. The summed E-state index contributed by atoms with van der Waals surface area (Å²) in [6, 6.07) is 0. The first-order chi connectivity index (χ1) is 30.4. The molecule has 1 fully saturated rings. The SMILES string of the molecule is CC/C=C\C/C=C\C/C=C\C/C=C\C/C=C\CCCCCC(=O)O[C@H](COC(=O)CCCCCCCCCCCCCCCCC)COP(=O)([O-])OC1[C@H](O)[C@H](O)C(O)[C@H](O)[C@H]1O. The molecule has 3 unspecified atom stereocenters. The Hall–Kier alpha value is -2.45. The average molecular weight is 912 g/mol.